The summed E-state index contributed by atoms with van der Waals surface area (Å²) in [6.45, 7) is 8.13. The van der Waals surface area contributed by atoms with Gasteiger partial charge in [-0.2, -0.15) is 0 Å². The number of nitrogens with two attached hydrogens (primary N) is 1. The standard InChI is InChI=1S/C23H49NO3S/c1-5-7-8-9-10-11-12-13-14-15-16-17-18-19-20-21-23(3,4)24-22(6-2)28(25,26)27/h22,24H,5-21H2,1-4H3,(H,25,26,27). The lowest BCUT2D eigenvalue weighted by molar-refractivity contribution is -0.735. The Balaban J connectivity index is 3.51. The van der Waals surface area contributed by atoms with Crippen molar-refractivity contribution < 1.29 is 18.3 Å². The molecule has 4 nitrogen and oxygen atoms in total. The van der Waals surface area contributed by atoms with Gasteiger partial charge < -0.3 is 9.87 Å². The van der Waals surface area contributed by atoms with Gasteiger partial charge in [0.1, 0.15) is 10.1 Å². The molecule has 0 radical (unpaired) electrons. The van der Waals surface area contributed by atoms with Crippen LogP contribution < -0.4 is 5.32 Å². The molecule has 0 aliphatic rings. The Kier molecular flexibility index (Phi) is 16.6. The van der Waals surface area contributed by atoms with Crippen LogP contribution in [-0.4, -0.2) is 23.9 Å². The molecule has 28 heavy (non-hydrogen) atoms. The molecule has 0 aliphatic heterocycles. The largest absolute Gasteiger partial charge is 0.743 e. The normalized spacial score (nSPS) is 13.8. The zero-order valence-corrected chi connectivity index (χ0v) is 20.1. The summed E-state index contributed by atoms with van der Waals surface area (Å²) < 4.78 is 33.8. The molecule has 0 aromatic heterocycles. The summed E-state index contributed by atoms with van der Waals surface area (Å²) in [4.78, 5) is 0. The first-order chi connectivity index (χ1) is 13.2. The smallest absolute Gasteiger partial charge is 0.176 e. The third-order valence-electron chi connectivity index (χ3n) is 5.83. The third kappa shape index (κ3) is 16.8. The van der Waals surface area contributed by atoms with Gasteiger partial charge in [0, 0.05) is 12.8 Å². The summed E-state index contributed by atoms with van der Waals surface area (Å²) >= 11 is 0. The molecule has 2 N–H and O–H groups in total. The van der Waals surface area contributed by atoms with Crippen molar-refractivity contribution in [3.05, 3.63) is 0 Å². The molecule has 0 amide bonds. The van der Waals surface area contributed by atoms with Gasteiger partial charge in [-0.05, 0) is 20.3 Å². The van der Waals surface area contributed by atoms with Gasteiger partial charge in [0.15, 0.2) is 5.37 Å². The van der Waals surface area contributed by atoms with E-state index in [4.69, 9.17) is 0 Å². The molecule has 0 saturated carbocycles. The van der Waals surface area contributed by atoms with Crippen molar-refractivity contribution in [2.24, 2.45) is 0 Å². The van der Waals surface area contributed by atoms with E-state index in [1.807, 2.05) is 13.8 Å². The van der Waals surface area contributed by atoms with E-state index in [0.29, 0.717) is 6.42 Å². The molecule has 5 heteroatoms. The first-order valence-corrected chi connectivity index (χ1v) is 13.5. The van der Waals surface area contributed by atoms with Gasteiger partial charge in [-0.1, -0.05) is 104 Å². The molecule has 0 spiro atoms. The predicted molar refractivity (Wildman–Crippen MR) is 119 cm³/mol. The fourth-order valence-corrected chi connectivity index (χ4v) is 4.89. The minimum Gasteiger partial charge on any atom is -0.743 e. The average molecular weight is 420 g/mol. The number of hydrogen-bond acceptors (Lipinski definition) is 3. The molecule has 0 aliphatic carbocycles. The van der Waals surface area contributed by atoms with Crippen LogP contribution in [0.25, 0.3) is 0 Å². The van der Waals surface area contributed by atoms with E-state index < -0.39 is 15.5 Å². The van der Waals surface area contributed by atoms with Gasteiger partial charge in [-0.15, -0.1) is 0 Å². The molecule has 0 rings (SSSR count). The van der Waals surface area contributed by atoms with Crippen LogP contribution in [0.15, 0.2) is 0 Å². The Hall–Kier alpha value is -0.130. The lowest BCUT2D eigenvalue weighted by Gasteiger charge is -2.29. The molecule has 0 aromatic rings. The zero-order chi connectivity index (χ0) is 21.3. The first kappa shape index (κ1) is 27.9. The minimum absolute atomic E-state index is 0.186. The maximum absolute atomic E-state index is 11.3. The van der Waals surface area contributed by atoms with Gasteiger partial charge in [-0.25, -0.2) is 8.42 Å². The number of hydrogen-bond donors (Lipinski definition) is 1. The van der Waals surface area contributed by atoms with Crippen molar-refractivity contribution in [1.82, 2.24) is 0 Å². The van der Waals surface area contributed by atoms with Crippen molar-refractivity contribution in [1.29, 1.82) is 0 Å². The summed E-state index contributed by atoms with van der Waals surface area (Å²) in [6.07, 6.45) is 21.6. The lowest BCUT2D eigenvalue weighted by Crippen LogP contribution is -3.00. The van der Waals surface area contributed by atoms with Crippen molar-refractivity contribution in [2.45, 2.75) is 148 Å². The molecule has 0 heterocycles. The van der Waals surface area contributed by atoms with Gasteiger partial charge in [-0.3, -0.25) is 0 Å². The van der Waals surface area contributed by atoms with Crippen LogP contribution in [0.4, 0.5) is 0 Å². The minimum atomic E-state index is -4.21. The molecule has 0 fully saturated rings. The topological polar surface area (TPSA) is 73.8 Å². The summed E-state index contributed by atoms with van der Waals surface area (Å²) in [5.41, 5.74) is -0.186. The van der Waals surface area contributed by atoms with Crippen LogP contribution in [0, 0.1) is 0 Å². The van der Waals surface area contributed by atoms with Gasteiger partial charge in [0.2, 0.25) is 0 Å². The summed E-state index contributed by atoms with van der Waals surface area (Å²) in [7, 11) is -4.21. The zero-order valence-electron chi connectivity index (χ0n) is 19.3. The second-order valence-corrected chi connectivity index (χ2v) is 10.9. The van der Waals surface area contributed by atoms with Crippen LogP contribution in [0.2, 0.25) is 0 Å². The highest BCUT2D eigenvalue weighted by Crippen LogP contribution is 2.15. The fraction of sp³-hybridized carbons (Fsp3) is 1.00. The molecule has 0 bridgehead atoms. The Morgan fingerprint density at radius 3 is 1.39 bits per heavy atom. The molecule has 1 unspecified atom stereocenters. The predicted octanol–water partition coefficient (Wildman–Crippen LogP) is 5.87. The molecule has 1 atom stereocenters. The maximum atomic E-state index is 11.3. The third-order valence-corrected chi connectivity index (χ3v) is 7.05. The van der Waals surface area contributed by atoms with Crippen LogP contribution in [0.5, 0.6) is 0 Å². The molecule has 0 saturated heterocycles. The Morgan fingerprint density at radius 2 is 1.07 bits per heavy atom. The second-order valence-electron chi connectivity index (χ2n) is 9.29. The van der Waals surface area contributed by atoms with Crippen LogP contribution in [0.3, 0.4) is 0 Å². The van der Waals surface area contributed by atoms with Crippen molar-refractivity contribution >= 4 is 10.1 Å². The second kappa shape index (κ2) is 16.6. The van der Waals surface area contributed by atoms with E-state index in [2.05, 4.69) is 6.92 Å². The van der Waals surface area contributed by atoms with Crippen LogP contribution in [-0.2, 0) is 10.1 Å². The number of rotatable bonds is 20. The van der Waals surface area contributed by atoms with E-state index in [9.17, 15) is 13.0 Å². The Morgan fingerprint density at radius 1 is 0.714 bits per heavy atom. The average Bonchev–Trinajstić information content (AvgIpc) is 2.62. The maximum Gasteiger partial charge on any atom is 0.176 e. The molecule has 0 aromatic carbocycles. The van der Waals surface area contributed by atoms with E-state index in [-0.39, 0.29) is 5.54 Å². The SMILES string of the molecule is CCCCCCCCCCCCCCCCCC(C)(C)[NH2+]C(CC)S(=O)(=O)[O-]. The molecular formula is C23H49NO3S. The van der Waals surface area contributed by atoms with E-state index in [1.54, 1.807) is 12.2 Å². The van der Waals surface area contributed by atoms with E-state index >= 15 is 0 Å². The summed E-state index contributed by atoms with van der Waals surface area (Å²) in [5.74, 6) is 0. The molecular weight excluding hydrogens is 370 g/mol. The van der Waals surface area contributed by atoms with Crippen molar-refractivity contribution in [2.75, 3.05) is 0 Å². The first-order valence-electron chi connectivity index (χ1n) is 12.0. The van der Waals surface area contributed by atoms with Crippen molar-refractivity contribution in [3.63, 3.8) is 0 Å². The molecule has 170 valence electrons. The van der Waals surface area contributed by atoms with E-state index in [1.165, 1.54) is 89.9 Å². The number of quaternary nitrogens is 1. The summed E-state index contributed by atoms with van der Waals surface area (Å²) in [6, 6.07) is 0. The summed E-state index contributed by atoms with van der Waals surface area (Å²) in [5, 5.41) is 0.915. The van der Waals surface area contributed by atoms with E-state index in [0.717, 1.165) is 12.8 Å². The quantitative estimate of drug-likeness (QED) is 0.198. The van der Waals surface area contributed by atoms with Crippen molar-refractivity contribution in [3.8, 4) is 0 Å². The Labute approximate surface area is 176 Å². The van der Waals surface area contributed by atoms with Crippen LogP contribution in [0.1, 0.15) is 137 Å². The Bertz CT molecular complexity index is 449. The highest BCUT2D eigenvalue weighted by molar-refractivity contribution is 7.86. The highest BCUT2D eigenvalue weighted by Gasteiger charge is 2.28. The van der Waals surface area contributed by atoms with Gasteiger partial charge in [0.05, 0.1) is 5.54 Å². The van der Waals surface area contributed by atoms with Gasteiger partial charge in [0.25, 0.3) is 0 Å². The van der Waals surface area contributed by atoms with Crippen LogP contribution >= 0.6 is 0 Å². The van der Waals surface area contributed by atoms with Gasteiger partial charge >= 0.3 is 0 Å². The monoisotopic (exact) mass is 419 g/mol. The fourth-order valence-electron chi connectivity index (χ4n) is 3.94. The lowest BCUT2D eigenvalue weighted by atomic mass is 9.95. The number of unbranched alkanes of at least 4 members (excludes halogenated alkanes) is 14. The highest BCUT2D eigenvalue weighted by atomic mass is 32.2.